The van der Waals surface area contributed by atoms with Gasteiger partial charge in [-0.15, -0.1) is 0 Å². The Hall–Kier alpha value is 0.310. The molecule has 1 rings (SSSR count). The third-order valence-corrected chi connectivity index (χ3v) is 0.799. The number of hydrogen-bond acceptors (Lipinski definition) is 3. The Morgan fingerprint density at radius 2 is 1.83 bits per heavy atom. The Labute approximate surface area is 37.5 Å². The van der Waals surface area contributed by atoms with Gasteiger partial charge < -0.3 is 4.74 Å². The van der Waals surface area contributed by atoms with Gasteiger partial charge in [0.25, 0.3) is 9.03 Å². The van der Waals surface area contributed by atoms with Crippen molar-refractivity contribution in [2.24, 2.45) is 0 Å². The van der Waals surface area contributed by atoms with E-state index in [2.05, 4.69) is 13.8 Å². The molecule has 0 aromatic heterocycles. The van der Waals surface area contributed by atoms with Crippen LogP contribution in [0.2, 0.25) is 0 Å². The highest BCUT2D eigenvalue weighted by molar-refractivity contribution is 7.26. The molecule has 1 saturated heterocycles. The second kappa shape index (κ2) is 2.48. The molecule has 0 saturated carbocycles. The van der Waals surface area contributed by atoms with Crippen LogP contribution in [-0.2, 0) is 13.8 Å². The molecule has 35 valence electrons. The van der Waals surface area contributed by atoms with Crippen LogP contribution in [0.4, 0.5) is 0 Å². The molecule has 0 bridgehead atoms. The van der Waals surface area contributed by atoms with Gasteiger partial charge in [0.05, 0.1) is 0 Å². The fourth-order valence-electron chi connectivity index (χ4n) is 0.189. The summed E-state index contributed by atoms with van der Waals surface area (Å²) in [6.45, 7) is 0.725. The Balaban J connectivity index is 2.00. The Morgan fingerprint density at radius 1 is 1.17 bits per heavy atom. The van der Waals surface area contributed by atoms with E-state index in [9.17, 15) is 0 Å². The van der Waals surface area contributed by atoms with Gasteiger partial charge in [0, 0.05) is 0 Å². The lowest BCUT2D eigenvalue weighted by Gasteiger charge is -2.07. The Bertz CT molecular complexity index is 24.3. The van der Waals surface area contributed by atoms with E-state index >= 15 is 0 Å². The smallest absolute Gasteiger partial charge is 0.261 e. The number of hydrogen-bond donors (Lipinski definition) is 0. The zero-order valence-electron chi connectivity index (χ0n) is 3.09. The van der Waals surface area contributed by atoms with Crippen LogP contribution in [0.1, 0.15) is 0 Å². The lowest BCUT2D eigenvalue weighted by atomic mass is 11.4. The molecular formula is C2H4O3P. The SMILES string of the molecule is C1OCO[P]O1. The molecule has 0 aromatic carbocycles. The van der Waals surface area contributed by atoms with Crippen LogP contribution in [0.3, 0.4) is 0 Å². The van der Waals surface area contributed by atoms with Crippen LogP contribution < -0.4 is 0 Å². The lowest BCUT2D eigenvalue weighted by molar-refractivity contribution is -0.0845. The molecule has 1 fully saturated rings. The van der Waals surface area contributed by atoms with Crippen LogP contribution in [0.5, 0.6) is 0 Å². The predicted octanol–water partition coefficient (Wildman–Crippen LogP) is 0.741. The molecule has 1 radical (unpaired) electrons. The average Bonchev–Trinajstić information content (AvgIpc) is 1.72. The first-order valence-electron chi connectivity index (χ1n) is 1.52. The summed E-state index contributed by atoms with van der Waals surface area (Å²) in [5, 5.41) is 0. The van der Waals surface area contributed by atoms with Crippen molar-refractivity contribution in [2.45, 2.75) is 0 Å². The first-order valence-corrected chi connectivity index (χ1v) is 2.25. The van der Waals surface area contributed by atoms with Gasteiger partial charge in [-0.3, -0.25) is 9.05 Å². The van der Waals surface area contributed by atoms with Gasteiger partial charge in [-0.25, -0.2) is 0 Å². The van der Waals surface area contributed by atoms with Crippen molar-refractivity contribution in [2.75, 3.05) is 13.6 Å². The molecule has 6 heavy (non-hydrogen) atoms. The van der Waals surface area contributed by atoms with E-state index in [0.29, 0.717) is 22.6 Å². The van der Waals surface area contributed by atoms with E-state index in [0.717, 1.165) is 0 Å². The highest BCUT2D eigenvalue weighted by Crippen LogP contribution is 2.16. The van der Waals surface area contributed by atoms with Crippen LogP contribution in [0, 0.1) is 0 Å². The summed E-state index contributed by atoms with van der Waals surface area (Å²) in [6.07, 6.45) is 0. The van der Waals surface area contributed by atoms with Gasteiger partial charge in [0.15, 0.2) is 13.6 Å². The maximum atomic E-state index is 4.62. The van der Waals surface area contributed by atoms with Gasteiger partial charge in [-0.05, 0) is 0 Å². The lowest BCUT2D eigenvalue weighted by Crippen LogP contribution is -2.02. The van der Waals surface area contributed by atoms with Crippen molar-refractivity contribution in [3.8, 4) is 0 Å². The normalized spacial score (nSPS) is 24.0. The summed E-state index contributed by atoms with van der Waals surface area (Å²) >= 11 is 0. The highest BCUT2D eigenvalue weighted by Gasteiger charge is 1.96. The van der Waals surface area contributed by atoms with E-state index in [4.69, 9.17) is 0 Å². The molecule has 3 nitrogen and oxygen atoms in total. The fraction of sp³-hybridized carbons (Fsp3) is 1.00. The van der Waals surface area contributed by atoms with Crippen molar-refractivity contribution < 1.29 is 13.8 Å². The van der Waals surface area contributed by atoms with Gasteiger partial charge >= 0.3 is 0 Å². The zero-order valence-corrected chi connectivity index (χ0v) is 3.98. The first-order chi connectivity index (χ1) is 3.00. The predicted molar refractivity (Wildman–Crippen MR) is 19.9 cm³/mol. The minimum absolute atomic E-state index is 0.363. The monoisotopic (exact) mass is 107 g/mol. The first kappa shape index (κ1) is 4.47. The summed E-state index contributed by atoms with van der Waals surface area (Å²) in [5.74, 6) is 0. The maximum Gasteiger partial charge on any atom is 0.261 e. The molecule has 4 heteroatoms. The molecule has 0 amide bonds. The van der Waals surface area contributed by atoms with Gasteiger partial charge in [0.2, 0.25) is 0 Å². The summed E-state index contributed by atoms with van der Waals surface area (Å²) in [6, 6.07) is 0. The summed E-state index contributed by atoms with van der Waals surface area (Å²) in [4.78, 5) is 0. The minimum Gasteiger partial charge on any atom is -0.329 e. The van der Waals surface area contributed by atoms with E-state index in [-0.39, 0.29) is 0 Å². The number of rotatable bonds is 0. The van der Waals surface area contributed by atoms with Crippen LogP contribution >= 0.6 is 9.03 Å². The van der Waals surface area contributed by atoms with Crippen LogP contribution in [0.25, 0.3) is 0 Å². The maximum absolute atomic E-state index is 4.62. The van der Waals surface area contributed by atoms with Gasteiger partial charge in [-0.1, -0.05) is 0 Å². The summed E-state index contributed by atoms with van der Waals surface area (Å²) in [7, 11) is 0.573. The number of ether oxygens (including phenoxy) is 1. The molecular weight excluding hydrogens is 103 g/mol. The van der Waals surface area contributed by atoms with Gasteiger partial charge in [0.1, 0.15) is 0 Å². The third-order valence-electron chi connectivity index (χ3n) is 0.377. The second-order valence-electron chi connectivity index (χ2n) is 0.773. The molecule has 1 heterocycles. The van der Waals surface area contributed by atoms with Gasteiger partial charge in [-0.2, -0.15) is 0 Å². The van der Waals surface area contributed by atoms with Crippen molar-refractivity contribution in [3.05, 3.63) is 0 Å². The molecule has 1 aliphatic rings. The standard InChI is InChI=1S/C2H4O3P/c1-3-2-5-6-4-1/h1-2H2. The highest BCUT2D eigenvalue weighted by atomic mass is 31.1. The van der Waals surface area contributed by atoms with Crippen LogP contribution in [0.15, 0.2) is 0 Å². The molecule has 0 atom stereocenters. The quantitative estimate of drug-likeness (QED) is 0.427. The van der Waals surface area contributed by atoms with E-state index in [1.165, 1.54) is 0 Å². The molecule has 1 aliphatic heterocycles. The minimum atomic E-state index is 0.363. The molecule has 0 aromatic rings. The molecule has 0 spiro atoms. The Kier molecular flexibility index (Phi) is 1.85. The summed E-state index contributed by atoms with van der Waals surface area (Å²) < 4.78 is 13.8. The Morgan fingerprint density at radius 3 is 2.00 bits per heavy atom. The molecule has 0 unspecified atom stereocenters. The van der Waals surface area contributed by atoms with Crippen molar-refractivity contribution in [1.29, 1.82) is 0 Å². The van der Waals surface area contributed by atoms with E-state index < -0.39 is 0 Å². The van der Waals surface area contributed by atoms with Crippen molar-refractivity contribution in [3.63, 3.8) is 0 Å². The fourth-order valence-corrected chi connectivity index (χ4v) is 0.499. The van der Waals surface area contributed by atoms with Crippen LogP contribution in [-0.4, -0.2) is 13.6 Å². The zero-order chi connectivity index (χ0) is 4.24. The van der Waals surface area contributed by atoms with E-state index in [1.54, 1.807) is 0 Å². The molecule has 0 aliphatic carbocycles. The van der Waals surface area contributed by atoms with Crippen molar-refractivity contribution in [1.82, 2.24) is 0 Å². The topological polar surface area (TPSA) is 27.7 Å². The van der Waals surface area contributed by atoms with Crippen molar-refractivity contribution >= 4 is 9.03 Å². The third kappa shape index (κ3) is 1.19. The average molecular weight is 107 g/mol. The second-order valence-corrected chi connectivity index (χ2v) is 1.44. The largest absolute Gasteiger partial charge is 0.329 e. The molecule has 0 N–H and O–H groups in total. The summed E-state index contributed by atoms with van der Waals surface area (Å²) in [5.41, 5.74) is 0. The van der Waals surface area contributed by atoms with E-state index in [1.807, 2.05) is 0 Å².